The maximum atomic E-state index is 11.6. The van der Waals surface area contributed by atoms with E-state index in [0.717, 1.165) is 10.3 Å². The van der Waals surface area contributed by atoms with Gasteiger partial charge in [-0.3, -0.25) is 4.79 Å². The molecule has 1 N–H and O–H groups in total. The predicted octanol–water partition coefficient (Wildman–Crippen LogP) is 2.91. The number of anilines is 1. The van der Waals surface area contributed by atoms with Gasteiger partial charge in [0.05, 0.1) is 17.0 Å². The molecule has 1 amide bonds. The van der Waals surface area contributed by atoms with Crippen LogP contribution in [0.15, 0.2) is 16.7 Å². The van der Waals surface area contributed by atoms with Gasteiger partial charge in [-0.1, -0.05) is 0 Å². The lowest BCUT2D eigenvalue weighted by Crippen LogP contribution is -2.27. The molecule has 94 valence electrons. The van der Waals surface area contributed by atoms with Crippen LogP contribution in [-0.2, 0) is 9.53 Å². The Kier molecular flexibility index (Phi) is 4.65. The molecule has 4 nitrogen and oxygen atoms in total. The van der Waals surface area contributed by atoms with E-state index in [1.807, 2.05) is 27.7 Å². The molecule has 0 bridgehead atoms. The van der Waals surface area contributed by atoms with Crippen molar-refractivity contribution in [2.24, 2.45) is 0 Å². The molecule has 0 aliphatic rings. The molecule has 1 aromatic heterocycles. The zero-order valence-electron chi connectivity index (χ0n) is 10.5. The highest BCUT2D eigenvalue weighted by atomic mass is 79.9. The lowest BCUT2D eigenvalue weighted by Gasteiger charge is -2.19. The highest BCUT2D eigenvalue weighted by Crippen LogP contribution is 2.16. The summed E-state index contributed by atoms with van der Waals surface area (Å²) in [6.45, 7) is 7.61. The van der Waals surface area contributed by atoms with Crippen LogP contribution in [0.5, 0.6) is 0 Å². The van der Waals surface area contributed by atoms with Gasteiger partial charge in [0.1, 0.15) is 11.2 Å². The van der Waals surface area contributed by atoms with Gasteiger partial charge in [-0.15, -0.1) is 0 Å². The van der Waals surface area contributed by atoms with Crippen molar-refractivity contribution in [1.82, 2.24) is 4.98 Å². The van der Waals surface area contributed by atoms with Crippen LogP contribution in [0.25, 0.3) is 0 Å². The number of rotatable bonds is 3. The summed E-state index contributed by atoms with van der Waals surface area (Å²) < 4.78 is 6.13. The molecule has 0 atom stereocenters. The molecule has 0 aliphatic heterocycles. The van der Waals surface area contributed by atoms with Crippen molar-refractivity contribution in [1.29, 1.82) is 0 Å². The van der Waals surface area contributed by atoms with E-state index < -0.39 is 0 Å². The van der Waals surface area contributed by atoms with Crippen LogP contribution in [-0.4, -0.2) is 23.1 Å². The first-order chi connectivity index (χ1) is 7.78. The topological polar surface area (TPSA) is 51.2 Å². The molecule has 0 aromatic carbocycles. The van der Waals surface area contributed by atoms with Gasteiger partial charge >= 0.3 is 0 Å². The van der Waals surface area contributed by atoms with Gasteiger partial charge in [-0.25, -0.2) is 4.98 Å². The second-order valence-corrected chi connectivity index (χ2v) is 5.53. The van der Waals surface area contributed by atoms with Crippen molar-refractivity contribution >= 4 is 27.5 Å². The predicted molar refractivity (Wildman–Crippen MR) is 71.0 cm³/mol. The van der Waals surface area contributed by atoms with Crippen molar-refractivity contribution in [2.75, 3.05) is 11.9 Å². The fraction of sp³-hybridized carbons (Fsp3) is 0.500. The number of aromatic nitrogens is 1. The van der Waals surface area contributed by atoms with Crippen LogP contribution >= 0.6 is 15.9 Å². The number of pyridine rings is 1. The normalized spacial score (nSPS) is 11.4. The summed E-state index contributed by atoms with van der Waals surface area (Å²) in [5, 5.41) is 2.76. The van der Waals surface area contributed by atoms with Gasteiger partial charge in [0, 0.05) is 0 Å². The summed E-state index contributed by atoms with van der Waals surface area (Å²) in [5.41, 5.74) is 1.16. The summed E-state index contributed by atoms with van der Waals surface area (Å²) in [6, 6.07) is 3.59. The number of halogens is 1. The minimum Gasteiger partial charge on any atom is -0.366 e. The van der Waals surface area contributed by atoms with Crippen molar-refractivity contribution in [3.05, 3.63) is 22.4 Å². The number of nitrogens with zero attached hydrogens (tertiary/aromatic N) is 1. The zero-order chi connectivity index (χ0) is 13.1. The summed E-state index contributed by atoms with van der Waals surface area (Å²) in [4.78, 5) is 15.8. The Morgan fingerprint density at radius 3 is 2.65 bits per heavy atom. The first kappa shape index (κ1) is 14.1. The molecule has 0 radical (unpaired) electrons. The monoisotopic (exact) mass is 300 g/mol. The Bertz CT molecular complexity index is 413. The number of hydrogen-bond donors (Lipinski definition) is 1. The van der Waals surface area contributed by atoms with Crippen LogP contribution in [0.1, 0.15) is 26.5 Å². The van der Waals surface area contributed by atoms with Crippen molar-refractivity contribution in [3.8, 4) is 0 Å². The van der Waals surface area contributed by atoms with Gasteiger partial charge in [-0.2, -0.15) is 0 Å². The van der Waals surface area contributed by atoms with Crippen molar-refractivity contribution in [2.45, 2.75) is 33.3 Å². The van der Waals surface area contributed by atoms with Crippen LogP contribution in [0, 0.1) is 6.92 Å². The largest absolute Gasteiger partial charge is 0.366 e. The third-order valence-corrected chi connectivity index (χ3v) is 2.40. The van der Waals surface area contributed by atoms with E-state index in [4.69, 9.17) is 4.74 Å². The number of hydrogen-bond acceptors (Lipinski definition) is 3. The number of nitrogens with one attached hydrogen (secondary N) is 1. The van der Waals surface area contributed by atoms with Crippen molar-refractivity contribution < 1.29 is 9.53 Å². The summed E-state index contributed by atoms with van der Waals surface area (Å²) in [5.74, 6) is -0.174. The number of amides is 1. The quantitative estimate of drug-likeness (QED) is 0.873. The third kappa shape index (κ3) is 5.28. The standard InChI is InChI=1S/C12H17BrN2O2/c1-8-9(5-6-10(13)14-8)15-11(16)7-17-12(2,3)4/h5-6H,7H2,1-4H3,(H,15,16). The van der Waals surface area contributed by atoms with E-state index in [1.54, 1.807) is 12.1 Å². The van der Waals surface area contributed by atoms with Crippen LogP contribution in [0.2, 0.25) is 0 Å². The smallest absolute Gasteiger partial charge is 0.250 e. The Morgan fingerprint density at radius 2 is 2.12 bits per heavy atom. The second kappa shape index (κ2) is 5.60. The van der Waals surface area contributed by atoms with E-state index >= 15 is 0 Å². The van der Waals surface area contributed by atoms with Crippen LogP contribution in [0.4, 0.5) is 5.69 Å². The molecule has 0 spiro atoms. The van der Waals surface area contributed by atoms with E-state index in [1.165, 1.54) is 0 Å². The fourth-order valence-corrected chi connectivity index (χ4v) is 1.53. The minimum absolute atomic E-state index is 0.0407. The molecule has 1 rings (SSSR count). The Morgan fingerprint density at radius 1 is 1.47 bits per heavy atom. The minimum atomic E-state index is -0.315. The maximum Gasteiger partial charge on any atom is 0.250 e. The molecule has 0 unspecified atom stereocenters. The van der Waals surface area contributed by atoms with Gasteiger partial charge in [0.2, 0.25) is 5.91 Å². The highest BCUT2D eigenvalue weighted by molar-refractivity contribution is 9.10. The Hall–Kier alpha value is -0.940. The molecule has 0 saturated carbocycles. The summed E-state index contributed by atoms with van der Waals surface area (Å²) in [6.07, 6.45) is 0. The molecule has 0 saturated heterocycles. The van der Waals surface area contributed by atoms with Gasteiger partial charge in [-0.05, 0) is 55.8 Å². The number of carbonyl (C=O) groups is 1. The zero-order valence-corrected chi connectivity index (χ0v) is 12.1. The number of carbonyl (C=O) groups excluding carboxylic acids is 1. The third-order valence-electron chi connectivity index (χ3n) is 1.96. The van der Waals surface area contributed by atoms with Gasteiger partial charge in [0.25, 0.3) is 0 Å². The average Bonchev–Trinajstić information content (AvgIpc) is 2.18. The molecule has 17 heavy (non-hydrogen) atoms. The molecule has 5 heteroatoms. The first-order valence-electron chi connectivity index (χ1n) is 5.35. The Balaban J connectivity index is 2.57. The first-order valence-corrected chi connectivity index (χ1v) is 6.14. The SMILES string of the molecule is Cc1nc(Br)ccc1NC(=O)COC(C)(C)C. The summed E-state index contributed by atoms with van der Waals surface area (Å²) in [7, 11) is 0. The highest BCUT2D eigenvalue weighted by Gasteiger charge is 2.13. The van der Waals surface area contributed by atoms with E-state index in [9.17, 15) is 4.79 Å². The van der Waals surface area contributed by atoms with Crippen molar-refractivity contribution in [3.63, 3.8) is 0 Å². The van der Waals surface area contributed by atoms with E-state index in [2.05, 4.69) is 26.2 Å². The molecule has 0 aliphatic carbocycles. The second-order valence-electron chi connectivity index (χ2n) is 4.72. The van der Waals surface area contributed by atoms with E-state index in [0.29, 0.717) is 5.69 Å². The van der Waals surface area contributed by atoms with Crippen LogP contribution < -0.4 is 5.32 Å². The molecule has 1 aromatic rings. The lowest BCUT2D eigenvalue weighted by molar-refractivity contribution is -0.125. The lowest BCUT2D eigenvalue weighted by atomic mass is 10.2. The molecular weight excluding hydrogens is 284 g/mol. The Labute approximate surface area is 110 Å². The maximum absolute atomic E-state index is 11.6. The number of ether oxygens (including phenoxy) is 1. The molecule has 0 fully saturated rings. The van der Waals surface area contributed by atoms with E-state index in [-0.39, 0.29) is 18.1 Å². The summed E-state index contributed by atoms with van der Waals surface area (Å²) >= 11 is 3.27. The van der Waals surface area contributed by atoms with Gasteiger partial charge < -0.3 is 10.1 Å². The molecular formula is C12H17BrN2O2. The molecule has 1 heterocycles. The van der Waals surface area contributed by atoms with Crippen LogP contribution in [0.3, 0.4) is 0 Å². The van der Waals surface area contributed by atoms with Gasteiger partial charge in [0.15, 0.2) is 0 Å². The fourth-order valence-electron chi connectivity index (χ4n) is 1.13. The number of aryl methyl sites for hydroxylation is 1. The average molecular weight is 301 g/mol.